The van der Waals surface area contributed by atoms with Gasteiger partial charge in [-0.25, -0.2) is 9.59 Å². The molecular formula is C21H26N4O5. The Kier molecular flexibility index (Phi) is 6.71. The zero-order chi connectivity index (χ0) is 21.7. The van der Waals surface area contributed by atoms with E-state index in [1.54, 1.807) is 24.8 Å². The van der Waals surface area contributed by atoms with Crippen LogP contribution >= 0.6 is 0 Å². The molecular weight excluding hydrogens is 388 g/mol. The summed E-state index contributed by atoms with van der Waals surface area (Å²) in [5.41, 5.74) is 1.60. The first-order valence-corrected chi connectivity index (χ1v) is 10.00. The van der Waals surface area contributed by atoms with Gasteiger partial charge in [0.25, 0.3) is 5.56 Å². The standard InChI is InChI=1S/C21H26N4O5/c1-4-29-20(27)19-17(23-10-12-24(13-11-23)21(28)30-5-2)14-18(26)25(22-19)16-9-7-6-8-15(16)3/h6-9,14H,4-5,10-13H2,1-3H3. The number of esters is 1. The maximum Gasteiger partial charge on any atom is 0.409 e. The molecule has 9 nitrogen and oxygen atoms in total. The second-order valence-corrected chi connectivity index (χ2v) is 6.81. The number of hydrogen-bond donors (Lipinski definition) is 0. The molecule has 1 aromatic carbocycles. The molecule has 0 aliphatic carbocycles. The molecule has 2 heterocycles. The maximum absolute atomic E-state index is 12.9. The molecule has 9 heteroatoms. The third-order valence-electron chi connectivity index (χ3n) is 4.87. The number of piperazine rings is 1. The van der Waals surface area contributed by atoms with E-state index in [0.717, 1.165) is 5.56 Å². The average Bonchev–Trinajstić information content (AvgIpc) is 2.74. The number of para-hydroxylation sites is 1. The van der Waals surface area contributed by atoms with Crippen molar-refractivity contribution in [2.45, 2.75) is 20.8 Å². The summed E-state index contributed by atoms with van der Waals surface area (Å²) in [6, 6.07) is 8.73. The smallest absolute Gasteiger partial charge is 0.409 e. The quantitative estimate of drug-likeness (QED) is 0.691. The zero-order valence-corrected chi connectivity index (χ0v) is 17.5. The van der Waals surface area contributed by atoms with Gasteiger partial charge in [-0.3, -0.25) is 4.79 Å². The number of carbonyl (C=O) groups excluding carboxylic acids is 2. The van der Waals surface area contributed by atoms with Crippen molar-refractivity contribution < 1.29 is 19.1 Å². The molecule has 1 aliphatic heterocycles. The van der Waals surface area contributed by atoms with Gasteiger partial charge in [0.1, 0.15) is 0 Å². The van der Waals surface area contributed by atoms with Crippen molar-refractivity contribution in [3.05, 3.63) is 51.9 Å². The fourth-order valence-electron chi connectivity index (χ4n) is 3.35. The van der Waals surface area contributed by atoms with Crippen molar-refractivity contribution in [1.29, 1.82) is 0 Å². The van der Waals surface area contributed by atoms with E-state index < -0.39 is 5.97 Å². The highest BCUT2D eigenvalue weighted by Gasteiger charge is 2.27. The molecule has 1 saturated heterocycles. The first-order valence-electron chi connectivity index (χ1n) is 10.00. The summed E-state index contributed by atoms with van der Waals surface area (Å²) in [4.78, 5) is 40.9. The minimum atomic E-state index is -0.595. The number of aryl methyl sites for hydroxylation is 1. The van der Waals surface area contributed by atoms with Gasteiger partial charge in [0, 0.05) is 32.2 Å². The molecule has 1 aromatic heterocycles. The predicted octanol–water partition coefficient (Wildman–Crippen LogP) is 2.00. The number of rotatable bonds is 5. The first kappa shape index (κ1) is 21.4. The molecule has 0 spiro atoms. The molecule has 1 amide bonds. The molecule has 2 aromatic rings. The van der Waals surface area contributed by atoms with Crippen molar-refractivity contribution in [1.82, 2.24) is 14.7 Å². The van der Waals surface area contributed by atoms with Gasteiger partial charge in [-0.15, -0.1) is 0 Å². The highest BCUT2D eigenvalue weighted by molar-refractivity contribution is 5.93. The molecule has 0 radical (unpaired) electrons. The fourth-order valence-corrected chi connectivity index (χ4v) is 3.35. The normalized spacial score (nSPS) is 13.8. The van der Waals surface area contributed by atoms with Gasteiger partial charge in [-0.2, -0.15) is 9.78 Å². The third-order valence-corrected chi connectivity index (χ3v) is 4.87. The Bertz CT molecular complexity index is 980. The number of nitrogens with zero attached hydrogens (tertiary/aromatic N) is 4. The van der Waals surface area contributed by atoms with Crippen molar-refractivity contribution in [3.8, 4) is 5.69 Å². The summed E-state index contributed by atoms with van der Waals surface area (Å²) in [5, 5.41) is 4.36. The van der Waals surface area contributed by atoms with E-state index in [-0.39, 0.29) is 24.0 Å². The van der Waals surface area contributed by atoms with E-state index in [1.165, 1.54) is 10.7 Å². The SMILES string of the molecule is CCOC(=O)c1nn(-c2ccccc2C)c(=O)cc1N1CCN(C(=O)OCC)CC1. The molecule has 0 unspecified atom stereocenters. The summed E-state index contributed by atoms with van der Waals surface area (Å²) < 4.78 is 11.4. The van der Waals surface area contributed by atoms with Crippen molar-refractivity contribution in [2.75, 3.05) is 44.3 Å². The highest BCUT2D eigenvalue weighted by Crippen LogP contribution is 2.21. The molecule has 0 saturated carbocycles. The maximum atomic E-state index is 12.9. The molecule has 1 aliphatic rings. The summed E-state index contributed by atoms with van der Waals surface area (Å²) in [5.74, 6) is -0.595. The van der Waals surface area contributed by atoms with E-state index in [2.05, 4.69) is 5.10 Å². The van der Waals surface area contributed by atoms with Crippen LogP contribution in [0.15, 0.2) is 35.1 Å². The molecule has 0 atom stereocenters. The van der Waals surface area contributed by atoms with Crippen LogP contribution in [0.3, 0.4) is 0 Å². The lowest BCUT2D eigenvalue weighted by atomic mass is 10.2. The van der Waals surface area contributed by atoms with Gasteiger partial charge >= 0.3 is 12.1 Å². The molecule has 1 fully saturated rings. The van der Waals surface area contributed by atoms with Gasteiger partial charge < -0.3 is 19.3 Å². The monoisotopic (exact) mass is 414 g/mol. The van der Waals surface area contributed by atoms with Gasteiger partial charge in [0.15, 0.2) is 5.69 Å². The molecule has 30 heavy (non-hydrogen) atoms. The van der Waals surface area contributed by atoms with Crippen LogP contribution in [0.1, 0.15) is 29.9 Å². The van der Waals surface area contributed by atoms with Crippen LogP contribution in [0, 0.1) is 6.92 Å². The zero-order valence-electron chi connectivity index (χ0n) is 17.5. The van der Waals surface area contributed by atoms with Gasteiger partial charge in [-0.05, 0) is 32.4 Å². The number of amides is 1. The number of anilines is 1. The predicted molar refractivity (Wildman–Crippen MR) is 111 cm³/mol. The highest BCUT2D eigenvalue weighted by atomic mass is 16.6. The van der Waals surface area contributed by atoms with Crippen molar-refractivity contribution in [3.63, 3.8) is 0 Å². The lowest BCUT2D eigenvalue weighted by molar-refractivity contribution is 0.0517. The first-order chi connectivity index (χ1) is 14.5. The molecule has 0 N–H and O–H groups in total. The van der Waals surface area contributed by atoms with E-state index in [4.69, 9.17) is 9.47 Å². The largest absolute Gasteiger partial charge is 0.461 e. The Hall–Kier alpha value is -3.36. The second-order valence-electron chi connectivity index (χ2n) is 6.81. The van der Waals surface area contributed by atoms with E-state index in [9.17, 15) is 14.4 Å². The number of ether oxygens (including phenoxy) is 2. The number of benzene rings is 1. The van der Waals surface area contributed by atoms with E-state index in [1.807, 2.05) is 30.0 Å². The summed E-state index contributed by atoms with van der Waals surface area (Å²) in [6.07, 6.45) is -0.365. The van der Waals surface area contributed by atoms with Crippen LogP contribution in [0.25, 0.3) is 5.69 Å². The van der Waals surface area contributed by atoms with Crippen LogP contribution in [0.4, 0.5) is 10.5 Å². The topological polar surface area (TPSA) is 94.0 Å². The Morgan fingerprint density at radius 2 is 1.67 bits per heavy atom. The molecule has 0 bridgehead atoms. The molecule has 160 valence electrons. The second kappa shape index (κ2) is 9.43. The number of aromatic nitrogens is 2. The van der Waals surface area contributed by atoms with E-state index in [0.29, 0.717) is 44.2 Å². The Balaban J connectivity index is 1.96. The fraction of sp³-hybridized carbons (Fsp3) is 0.429. The third kappa shape index (κ3) is 4.45. The van der Waals surface area contributed by atoms with Crippen molar-refractivity contribution in [2.24, 2.45) is 0 Å². The lowest BCUT2D eigenvalue weighted by Crippen LogP contribution is -2.49. The Morgan fingerprint density at radius 1 is 1.00 bits per heavy atom. The summed E-state index contributed by atoms with van der Waals surface area (Å²) in [6.45, 7) is 7.58. The minimum Gasteiger partial charge on any atom is -0.461 e. The lowest BCUT2D eigenvalue weighted by Gasteiger charge is -2.35. The van der Waals surface area contributed by atoms with E-state index >= 15 is 0 Å². The number of carbonyl (C=O) groups is 2. The van der Waals surface area contributed by atoms with Gasteiger partial charge in [0.2, 0.25) is 0 Å². The average molecular weight is 414 g/mol. The summed E-state index contributed by atoms with van der Waals surface area (Å²) in [7, 11) is 0. The van der Waals surface area contributed by atoms with Crippen LogP contribution in [-0.2, 0) is 9.47 Å². The van der Waals surface area contributed by atoms with Crippen LogP contribution in [0.5, 0.6) is 0 Å². The van der Waals surface area contributed by atoms with Crippen LogP contribution < -0.4 is 10.5 Å². The molecule has 3 rings (SSSR count). The summed E-state index contributed by atoms with van der Waals surface area (Å²) >= 11 is 0. The Labute approximate surface area is 174 Å². The van der Waals surface area contributed by atoms with Crippen LogP contribution in [0.2, 0.25) is 0 Å². The van der Waals surface area contributed by atoms with Gasteiger partial charge in [-0.1, -0.05) is 18.2 Å². The number of hydrogen-bond acceptors (Lipinski definition) is 7. The van der Waals surface area contributed by atoms with Crippen molar-refractivity contribution >= 4 is 17.7 Å². The Morgan fingerprint density at radius 3 is 2.30 bits per heavy atom. The minimum absolute atomic E-state index is 0.0734. The van der Waals surface area contributed by atoms with Gasteiger partial charge in [0.05, 0.1) is 24.6 Å². The van der Waals surface area contributed by atoms with Crippen LogP contribution in [-0.4, -0.2) is 66.1 Å².